The van der Waals surface area contributed by atoms with Gasteiger partial charge in [-0.25, -0.2) is 0 Å². The van der Waals surface area contributed by atoms with E-state index in [1.807, 2.05) is 0 Å². The third-order valence-corrected chi connectivity index (χ3v) is 10.6. The van der Waals surface area contributed by atoms with E-state index in [4.69, 9.17) is 4.42 Å². The summed E-state index contributed by atoms with van der Waals surface area (Å²) < 4.78 is 6.86. The van der Waals surface area contributed by atoms with Crippen LogP contribution in [0, 0.1) is 0 Å². The summed E-state index contributed by atoms with van der Waals surface area (Å²) in [5.74, 6) is 0. The first-order valence-corrected chi connectivity index (χ1v) is 17.0. The van der Waals surface area contributed by atoms with Crippen molar-refractivity contribution in [3.05, 3.63) is 175 Å². The molecular weight excluding hydrogens is 595 g/mol. The molecule has 0 fully saturated rings. The summed E-state index contributed by atoms with van der Waals surface area (Å²) in [5.41, 5.74) is 12.6. The van der Waals surface area contributed by atoms with Crippen molar-refractivity contribution in [1.82, 2.24) is 0 Å². The molecule has 0 amide bonds. The summed E-state index contributed by atoms with van der Waals surface area (Å²) >= 11 is 0. The van der Waals surface area contributed by atoms with E-state index in [1.54, 1.807) is 0 Å². The molecule has 1 aliphatic rings. The van der Waals surface area contributed by atoms with E-state index in [0.29, 0.717) is 0 Å². The molecule has 232 valence electrons. The van der Waals surface area contributed by atoms with Crippen LogP contribution >= 0.6 is 0 Å². The van der Waals surface area contributed by atoms with Crippen LogP contribution in [0.2, 0.25) is 0 Å². The van der Waals surface area contributed by atoms with Crippen LogP contribution in [0.15, 0.2) is 168 Å². The van der Waals surface area contributed by atoms with Gasteiger partial charge in [0.15, 0.2) is 5.58 Å². The molecule has 49 heavy (non-hydrogen) atoms. The molecule has 0 bridgehead atoms. The lowest BCUT2D eigenvalue weighted by Gasteiger charge is -2.29. The maximum Gasteiger partial charge on any atom is 0.160 e. The van der Waals surface area contributed by atoms with Gasteiger partial charge in [-0.1, -0.05) is 141 Å². The minimum Gasteiger partial charge on any atom is -0.454 e. The van der Waals surface area contributed by atoms with Crippen molar-refractivity contribution in [2.75, 3.05) is 4.90 Å². The molecule has 1 heterocycles. The molecule has 0 atom stereocenters. The topological polar surface area (TPSA) is 16.4 Å². The molecule has 8 aromatic carbocycles. The fraction of sp³-hybridized carbons (Fsp3) is 0.0638. The number of nitrogens with zero attached hydrogens (tertiary/aromatic N) is 1. The van der Waals surface area contributed by atoms with Gasteiger partial charge in [0.25, 0.3) is 0 Å². The second-order valence-corrected chi connectivity index (χ2v) is 13.7. The largest absolute Gasteiger partial charge is 0.454 e. The van der Waals surface area contributed by atoms with E-state index in [2.05, 4.69) is 183 Å². The minimum absolute atomic E-state index is 0.131. The van der Waals surface area contributed by atoms with Crippen molar-refractivity contribution in [1.29, 1.82) is 0 Å². The molecule has 0 saturated carbocycles. The van der Waals surface area contributed by atoms with Gasteiger partial charge in [0.05, 0.1) is 5.69 Å². The fourth-order valence-electron chi connectivity index (χ4n) is 8.20. The van der Waals surface area contributed by atoms with Crippen LogP contribution in [0.3, 0.4) is 0 Å². The summed E-state index contributed by atoms with van der Waals surface area (Å²) in [6, 6.07) is 59.4. The van der Waals surface area contributed by atoms with Crippen LogP contribution in [-0.2, 0) is 5.41 Å². The lowest BCUT2D eigenvalue weighted by atomic mass is 9.82. The van der Waals surface area contributed by atoms with Gasteiger partial charge in [-0.05, 0) is 85.9 Å². The molecule has 0 N–H and O–H groups in total. The quantitative estimate of drug-likeness (QED) is 0.181. The van der Waals surface area contributed by atoms with Crippen LogP contribution in [0.4, 0.5) is 17.1 Å². The van der Waals surface area contributed by atoms with E-state index in [9.17, 15) is 0 Å². The van der Waals surface area contributed by atoms with Crippen LogP contribution in [0.25, 0.3) is 65.7 Å². The smallest absolute Gasteiger partial charge is 0.160 e. The van der Waals surface area contributed by atoms with Crippen LogP contribution in [0.5, 0.6) is 0 Å². The monoisotopic (exact) mass is 627 g/mol. The van der Waals surface area contributed by atoms with Crippen LogP contribution in [0.1, 0.15) is 25.0 Å². The van der Waals surface area contributed by atoms with Crippen molar-refractivity contribution in [3.8, 4) is 22.3 Å². The van der Waals surface area contributed by atoms with Crippen LogP contribution in [-0.4, -0.2) is 0 Å². The molecule has 0 radical (unpaired) electrons. The van der Waals surface area contributed by atoms with Gasteiger partial charge in [-0.15, -0.1) is 0 Å². The Balaban J connectivity index is 1.30. The van der Waals surface area contributed by atoms with Gasteiger partial charge < -0.3 is 9.32 Å². The standard InChI is InChI=1S/C47H33NO/c1-47(2)42-18-10-8-16-36(42)37-27-25-34(28-43(37)47)48(33-23-20-31(21-24-33)30-12-4-3-5-13-30)45-39-26-22-32-14-6-7-15-35(32)40(39)29-41-38-17-9-11-19-44(38)49-46(41)45/h3-29H,1-2H3. The predicted molar refractivity (Wildman–Crippen MR) is 206 cm³/mol. The summed E-state index contributed by atoms with van der Waals surface area (Å²) in [4.78, 5) is 2.43. The van der Waals surface area contributed by atoms with Crippen molar-refractivity contribution >= 4 is 60.5 Å². The SMILES string of the molecule is CC1(C)c2ccccc2-c2ccc(N(c3ccc(-c4ccccc4)cc3)c3c4ccc5ccccc5c4cc4c3oc3ccccc34)cc21. The highest BCUT2D eigenvalue weighted by molar-refractivity contribution is 6.24. The van der Waals surface area contributed by atoms with Crippen LogP contribution < -0.4 is 4.90 Å². The fourth-order valence-corrected chi connectivity index (χ4v) is 8.20. The summed E-state index contributed by atoms with van der Waals surface area (Å²) in [6.45, 7) is 4.70. The van der Waals surface area contributed by atoms with E-state index in [0.717, 1.165) is 44.4 Å². The Bertz CT molecular complexity index is 2730. The number of hydrogen-bond donors (Lipinski definition) is 0. The van der Waals surface area contributed by atoms with E-state index in [1.165, 1.54) is 49.5 Å². The zero-order chi connectivity index (χ0) is 32.7. The lowest BCUT2D eigenvalue weighted by molar-refractivity contribution is 0.660. The second-order valence-electron chi connectivity index (χ2n) is 13.7. The Labute approximate surface area is 285 Å². The molecule has 1 aromatic heterocycles. The first kappa shape index (κ1) is 27.9. The normalized spacial score (nSPS) is 13.3. The van der Waals surface area contributed by atoms with Crippen molar-refractivity contribution in [3.63, 3.8) is 0 Å². The Kier molecular flexibility index (Phi) is 5.95. The van der Waals surface area contributed by atoms with E-state index in [-0.39, 0.29) is 5.41 Å². The summed E-state index contributed by atoms with van der Waals surface area (Å²) in [5, 5.41) is 7.07. The predicted octanol–water partition coefficient (Wildman–Crippen LogP) is 13.3. The Morgan fingerprint density at radius 3 is 1.98 bits per heavy atom. The molecule has 2 heteroatoms. The molecule has 0 aliphatic heterocycles. The number of rotatable bonds is 4. The first-order valence-electron chi connectivity index (χ1n) is 17.0. The summed E-state index contributed by atoms with van der Waals surface area (Å²) in [7, 11) is 0. The highest BCUT2D eigenvalue weighted by Crippen LogP contribution is 2.52. The van der Waals surface area contributed by atoms with E-state index < -0.39 is 0 Å². The van der Waals surface area contributed by atoms with Gasteiger partial charge in [0, 0.05) is 32.9 Å². The molecule has 9 aromatic rings. The zero-order valence-electron chi connectivity index (χ0n) is 27.4. The Morgan fingerprint density at radius 2 is 1.12 bits per heavy atom. The third kappa shape index (κ3) is 4.14. The molecule has 2 nitrogen and oxygen atoms in total. The number of hydrogen-bond acceptors (Lipinski definition) is 2. The maximum absolute atomic E-state index is 6.86. The zero-order valence-corrected chi connectivity index (χ0v) is 27.4. The van der Waals surface area contributed by atoms with Gasteiger partial charge in [-0.2, -0.15) is 0 Å². The van der Waals surface area contributed by atoms with Crippen molar-refractivity contribution in [2.24, 2.45) is 0 Å². The second kappa shape index (κ2) is 10.4. The number of para-hydroxylation sites is 1. The maximum atomic E-state index is 6.86. The first-order chi connectivity index (χ1) is 24.1. The minimum atomic E-state index is -0.131. The Hall–Kier alpha value is -6.12. The lowest BCUT2D eigenvalue weighted by Crippen LogP contribution is -2.16. The number of benzene rings is 8. The highest BCUT2D eigenvalue weighted by atomic mass is 16.3. The third-order valence-electron chi connectivity index (χ3n) is 10.6. The average Bonchev–Trinajstić information content (AvgIpc) is 3.64. The highest BCUT2D eigenvalue weighted by Gasteiger charge is 2.36. The van der Waals surface area contributed by atoms with E-state index >= 15 is 0 Å². The number of furan rings is 1. The molecule has 0 unspecified atom stereocenters. The molecule has 1 aliphatic carbocycles. The Morgan fingerprint density at radius 1 is 0.449 bits per heavy atom. The molecule has 0 spiro atoms. The summed E-state index contributed by atoms with van der Waals surface area (Å²) in [6.07, 6.45) is 0. The van der Waals surface area contributed by atoms with Crippen molar-refractivity contribution < 1.29 is 4.42 Å². The molecular formula is C47H33NO. The van der Waals surface area contributed by atoms with Gasteiger partial charge in [0.1, 0.15) is 5.58 Å². The number of fused-ring (bicyclic) bond motifs is 9. The van der Waals surface area contributed by atoms with Gasteiger partial charge in [-0.3, -0.25) is 0 Å². The molecule has 0 saturated heterocycles. The number of anilines is 3. The van der Waals surface area contributed by atoms with Gasteiger partial charge in [0.2, 0.25) is 0 Å². The van der Waals surface area contributed by atoms with Gasteiger partial charge >= 0.3 is 0 Å². The molecule has 10 rings (SSSR count). The average molecular weight is 628 g/mol. The van der Waals surface area contributed by atoms with Crippen molar-refractivity contribution in [2.45, 2.75) is 19.3 Å².